The van der Waals surface area contributed by atoms with E-state index in [2.05, 4.69) is 10.5 Å². The Hall–Kier alpha value is -2.04. The standard InChI is InChI=1S/C18H18Cl2N2O2/c1-11-8-16(9-12(2)18(11)20)24-10-17(23)22-21-13(3)14-4-6-15(19)7-5-14/h4-9H,10H2,1-3H3,(H,22,23). The SMILES string of the molecule is CC(=NNC(=O)COc1cc(C)c(Cl)c(C)c1)c1ccc(Cl)cc1. The van der Waals surface area contributed by atoms with E-state index in [-0.39, 0.29) is 12.5 Å². The van der Waals surface area contributed by atoms with Crippen LogP contribution in [0.4, 0.5) is 0 Å². The van der Waals surface area contributed by atoms with Crippen LogP contribution in [0.1, 0.15) is 23.6 Å². The van der Waals surface area contributed by atoms with Gasteiger partial charge in [-0.05, 0) is 61.7 Å². The van der Waals surface area contributed by atoms with Gasteiger partial charge in [0.15, 0.2) is 6.61 Å². The average Bonchev–Trinajstić information content (AvgIpc) is 2.56. The predicted octanol–water partition coefficient (Wildman–Crippen LogP) is 4.53. The highest BCUT2D eigenvalue weighted by molar-refractivity contribution is 6.32. The predicted molar refractivity (Wildman–Crippen MR) is 98.2 cm³/mol. The smallest absolute Gasteiger partial charge is 0.277 e. The van der Waals surface area contributed by atoms with Crippen LogP contribution in [0.15, 0.2) is 41.5 Å². The van der Waals surface area contributed by atoms with Gasteiger partial charge in [-0.15, -0.1) is 0 Å². The van der Waals surface area contributed by atoms with Crippen LogP contribution in [0, 0.1) is 13.8 Å². The topological polar surface area (TPSA) is 50.7 Å². The molecule has 24 heavy (non-hydrogen) atoms. The number of hydrazone groups is 1. The zero-order valence-corrected chi connectivity index (χ0v) is 15.2. The van der Waals surface area contributed by atoms with Crippen LogP contribution in [0.5, 0.6) is 5.75 Å². The van der Waals surface area contributed by atoms with Gasteiger partial charge in [0.05, 0.1) is 5.71 Å². The second-order valence-corrected chi connectivity index (χ2v) is 6.21. The molecule has 0 aliphatic heterocycles. The number of amides is 1. The van der Waals surface area contributed by atoms with Gasteiger partial charge in [-0.2, -0.15) is 5.10 Å². The number of nitrogens with zero attached hydrogens (tertiary/aromatic N) is 1. The van der Waals surface area contributed by atoms with Crippen molar-refractivity contribution in [3.05, 3.63) is 63.1 Å². The van der Waals surface area contributed by atoms with Crippen molar-refractivity contribution >= 4 is 34.8 Å². The zero-order valence-electron chi connectivity index (χ0n) is 13.7. The number of hydrogen-bond acceptors (Lipinski definition) is 3. The first kappa shape index (κ1) is 18.3. The van der Waals surface area contributed by atoms with Gasteiger partial charge >= 0.3 is 0 Å². The minimum Gasteiger partial charge on any atom is -0.484 e. The molecule has 2 aromatic carbocycles. The van der Waals surface area contributed by atoms with Crippen LogP contribution in [-0.4, -0.2) is 18.2 Å². The number of carbonyl (C=O) groups is 1. The Bertz CT molecular complexity index is 748. The van der Waals surface area contributed by atoms with Crippen molar-refractivity contribution in [3.8, 4) is 5.75 Å². The molecule has 0 saturated carbocycles. The Morgan fingerprint density at radius 1 is 1.12 bits per heavy atom. The molecule has 126 valence electrons. The Labute approximate surface area is 151 Å². The van der Waals surface area contributed by atoms with Gasteiger partial charge < -0.3 is 4.74 Å². The minimum absolute atomic E-state index is 0.127. The quantitative estimate of drug-likeness (QED) is 0.625. The molecular formula is C18H18Cl2N2O2. The van der Waals surface area contributed by atoms with Crippen LogP contribution in [0.3, 0.4) is 0 Å². The largest absolute Gasteiger partial charge is 0.484 e. The molecule has 1 N–H and O–H groups in total. The lowest BCUT2D eigenvalue weighted by Gasteiger charge is -2.09. The third-order valence-corrected chi connectivity index (χ3v) is 4.24. The molecule has 2 rings (SSSR count). The van der Waals surface area contributed by atoms with Crippen LogP contribution in [-0.2, 0) is 4.79 Å². The van der Waals surface area contributed by atoms with Crippen LogP contribution in [0.25, 0.3) is 0 Å². The molecule has 2 aromatic rings. The number of rotatable bonds is 5. The van der Waals surface area contributed by atoms with E-state index in [0.717, 1.165) is 16.7 Å². The highest BCUT2D eigenvalue weighted by atomic mass is 35.5. The van der Waals surface area contributed by atoms with Gasteiger partial charge in [-0.25, -0.2) is 5.43 Å². The highest BCUT2D eigenvalue weighted by Crippen LogP contribution is 2.25. The van der Waals surface area contributed by atoms with Gasteiger partial charge in [-0.3, -0.25) is 4.79 Å². The molecule has 0 atom stereocenters. The van der Waals surface area contributed by atoms with Crippen molar-refractivity contribution in [3.63, 3.8) is 0 Å². The Balaban J connectivity index is 1.91. The molecule has 0 aliphatic carbocycles. The summed E-state index contributed by atoms with van der Waals surface area (Å²) in [5.41, 5.74) is 5.84. The monoisotopic (exact) mass is 364 g/mol. The highest BCUT2D eigenvalue weighted by Gasteiger charge is 2.06. The first-order valence-corrected chi connectivity index (χ1v) is 8.11. The average molecular weight is 365 g/mol. The molecule has 0 fully saturated rings. The molecule has 4 nitrogen and oxygen atoms in total. The Kier molecular flexibility index (Phi) is 6.23. The van der Waals surface area contributed by atoms with Crippen LogP contribution < -0.4 is 10.2 Å². The van der Waals surface area contributed by atoms with Crippen molar-refractivity contribution in [2.75, 3.05) is 6.61 Å². The molecule has 0 heterocycles. The van der Waals surface area contributed by atoms with E-state index in [9.17, 15) is 4.79 Å². The number of nitrogens with one attached hydrogen (secondary N) is 1. The summed E-state index contributed by atoms with van der Waals surface area (Å²) in [4.78, 5) is 11.9. The maximum atomic E-state index is 11.9. The van der Waals surface area contributed by atoms with Crippen LogP contribution in [0.2, 0.25) is 10.0 Å². The zero-order chi connectivity index (χ0) is 17.7. The maximum absolute atomic E-state index is 11.9. The fourth-order valence-electron chi connectivity index (χ4n) is 2.07. The molecule has 0 saturated heterocycles. The summed E-state index contributed by atoms with van der Waals surface area (Å²) >= 11 is 11.9. The first-order chi connectivity index (χ1) is 11.4. The van der Waals surface area contributed by atoms with Crippen molar-refractivity contribution in [2.24, 2.45) is 5.10 Å². The summed E-state index contributed by atoms with van der Waals surface area (Å²) in [6.07, 6.45) is 0. The molecule has 0 aromatic heterocycles. The van der Waals surface area contributed by atoms with E-state index < -0.39 is 0 Å². The summed E-state index contributed by atoms with van der Waals surface area (Å²) < 4.78 is 5.48. The van der Waals surface area contributed by atoms with E-state index in [1.54, 1.807) is 31.2 Å². The van der Waals surface area contributed by atoms with E-state index in [4.69, 9.17) is 27.9 Å². The normalized spacial score (nSPS) is 11.3. The molecule has 0 unspecified atom stereocenters. The fraction of sp³-hybridized carbons (Fsp3) is 0.222. The lowest BCUT2D eigenvalue weighted by atomic mass is 10.1. The van der Waals surface area contributed by atoms with Gasteiger partial charge in [0.25, 0.3) is 5.91 Å². The summed E-state index contributed by atoms with van der Waals surface area (Å²) in [6, 6.07) is 10.8. The lowest BCUT2D eigenvalue weighted by Crippen LogP contribution is -2.25. The molecule has 0 spiro atoms. The molecule has 0 radical (unpaired) electrons. The lowest BCUT2D eigenvalue weighted by molar-refractivity contribution is -0.123. The summed E-state index contributed by atoms with van der Waals surface area (Å²) in [5, 5.41) is 5.41. The molecule has 0 aliphatic rings. The fourth-order valence-corrected chi connectivity index (χ4v) is 2.31. The van der Waals surface area contributed by atoms with E-state index in [0.29, 0.717) is 21.5 Å². The summed E-state index contributed by atoms with van der Waals surface area (Å²) in [5.74, 6) is 0.261. The number of benzene rings is 2. The van der Waals surface area contributed by atoms with Gasteiger partial charge in [-0.1, -0.05) is 35.3 Å². The Morgan fingerprint density at radius 3 is 2.29 bits per heavy atom. The minimum atomic E-state index is -0.339. The molecule has 0 bridgehead atoms. The van der Waals surface area contributed by atoms with E-state index >= 15 is 0 Å². The Morgan fingerprint density at radius 2 is 1.71 bits per heavy atom. The van der Waals surface area contributed by atoms with Crippen molar-refractivity contribution in [2.45, 2.75) is 20.8 Å². The number of halogens is 2. The molecular weight excluding hydrogens is 347 g/mol. The second kappa shape index (κ2) is 8.18. The van der Waals surface area contributed by atoms with Crippen molar-refractivity contribution in [1.82, 2.24) is 5.43 Å². The van der Waals surface area contributed by atoms with Gasteiger partial charge in [0.2, 0.25) is 0 Å². The van der Waals surface area contributed by atoms with Crippen molar-refractivity contribution < 1.29 is 9.53 Å². The van der Waals surface area contributed by atoms with Crippen molar-refractivity contribution in [1.29, 1.82) is 0 Å². The summed E-state index contributed by atoms with van der Waals surface area (Å²) in [6.45, 7) is 5.46. The number of aryl methyl sites for hydroxylation is 2. The van der Waals surface area contributed by atoms with Gasteiger partial charge in [0, 0.05) is 10.0 Å². The van der Waals surface area contributed by atoms with E-state index in [1.165, 1.54) is 0 Å². The first-order valence-electron chi connectivity index (χ1n) is 7.35. The van der Waals surface area contributed by atoms with Crippen LogP contribution >= 0.6 is 23.2 Å². The summed E-state index contributed by atoms with van der Waals surface area (Å²) in [7, 11) is 0. The third-order valence-electron chi connectivity index (χ3n) is 3.39. The number of carbonyl (C=O) groups excluding carboxylic acids is 1. The molecule has 6 heteroatoms. The maximum Gasteiger partial charge on any atom is 0.277 e. The third kappa shape index (κ3) is 4.98. The second-order valence-electron chi connectivity index (χ2n) is 5.40. The van der Waals surface area contributed by atoms with Gasteiger partial charge in [0.1, 0.15) is 5.75 Å². The number of ether oxygens (including phenoxy) is 1. The number of hydrogen-bond donors (Lipinski definition) is 1. The van der Waals surface area contributed by atoms with E-state index in [1.807, 2.05) is 26.0 Å². The molecule has 1 amide bonds.